The number of nitrogens with one attached hydrogen (secondary N) is 1. The van der Waals surface area contributed by atoms with Crippen LogP contribution in [0.15, 0.2) is 18.7 Å². The molecule has 0 saturated heterocycles. The molecule has 110 valence electrons. The number of nitrogens with two attached hydrogens (primary N) is 1. The van der Waals surface area contributed by atoms with Crippen LogP contribution in [0, 0.1) is 5.82 Å². The van der Waals surface area contributed by atoms with E-state index in [9.17, 15) is 9.18 Å². The van der Waals surface area contributed by atoms with Gasteiger partial charge in [-0.3, -0.25) is 0 Å². The second-order valence-electron chi connectivity index (χ2n) is 5.63. The first-order valence-electron chi connectivity index (χ1n) is 6.34. The predicted octanol–water partition coefficient (Wildman–Crippen LogP) is 3.64. The van der Waals surface area contributed by atoms with Crippen LogP contribution in [0.1, 0.15) is 44.9 Å². The SMILES string of the molecule is C=Cc1cc(C(C)OC(=O)NC(C)(C)C)cc(F)c1N. The molecule has 1 aromatic rings. The zero-order valence-corrected chi connectivity index (χ0v) is 12.3. The molecule has 0 fully saturated rings. The Bertz CT molecular complexity index is 521. The summed E-state index contributed by atoms with van der Waals surface area (Å²) in [5.74, 6) is -0.552. The van der Waals surface area contributed by atoms with Crippen molar-refractivity contribution in [2.24, 2.45) is 0 Å². The number of amides is 1. The van der Waals surface area contributed by atoms with Gasteiger partial charge in [0.25, 0.3) is 0 Å². The van der Waals surface area contributed by atoms with Crippen LogP contribution in [-0.4, -0.2) is 11.6 Å². The van der Waals surface area contributed by atoms with Crippen molar-refractivity contribution in [3.05, 3.63) is 35.7 Å². The third-order valence-electron chi connectivity index (χ3n) is 2.63. The highest BCUT2D eigenvalue weighted by Gasteiger charge is 2.19. The summed E-state index contributed by atoms with van der Waals surface area (Å²) < 4.78 is 18.9. The Kier molecular flexibility index (Phi) is 4.76. The molecule has 5 heteroatoms. The summed E-state index contributed by atoms with van der Waals surface area (Å²) in [6.45, 7) is 10.8. The van der Waals surface area contributed by atoms with Gasteiger partial charge >= 0.3 is 6.09 Å². The van der Waals surface area contributed by atoms with Crippen molar-refractivity contribution in [3.8, 4) is 0 Å². The summed E-state index contributed by atoms with van der Waals surface area (Å²) in [5.41, 5.74) is 6.23. The van der Waals surface area contributed by atoms with Crippen LogP contribution in [0.25, 0.3) is 6.08 Å². The van der Waals surface area contributed by atoms with E-state index in [-0.39, 0.29) is 5.69 Å². The number of alkyl carbamates (subject to hydrolysis) is 1. The maximum Gasteiger partial charge on any atom is 0.408 e. The molecule has 0 aromatic heterocycles. The molecule has 1 aromatic carbocycles. The number of nitrogen functional groups attached to an aromatic ring is 1. The van der Waals surface area contributed by atoms with Crippen LogP contribution < -0.4 is 11.1 Å². The highest BCUT2D eigenvalue weighted by molar-refractivity contribution is 5.69. The molecule has 1 rings (SSSR count). The fourth-order valence-corrected chi connectivity index (χ4v) is 1.63. The van der Waals surface area contributed by atoms with Gasteiger partial charge in [0.1, 0.15) is 11.9 Å². The summed E-state index contributed by atoms with van der Waals surface area (Å²) in [4.78, 5) is 11.7. The van der Waals surface area contributed by atoms with Gasteiger partial charge in [0.05, 0.1) is 5.69 Å². The van der Waals surface area contributed by atoms with E-state index in [0.717, 1.165) is 0 Å². The third-order valence-corrected chi connectivity index (χ3v) is 2.63. The summed E-state index contributed by atoms with van der Waals surface area (Å²) in [5, 5.41) is 2.67. The molecule has 0 bridgehead atoms. The molecule has 0 spiro atoms. The summed E-state index contributed by atoms with van der Waals surface area (Å²) in [7, 11) is 0. The lowest BCUT2D eigenvalue weighted by atomic mass is 10.0. The molecule has 4 nitrogen and oxygen atoms in total. The van der Waals surface area contributed by atoms with Crippen molar-refractivity contribution < 1.29 is 13.9 Å². The topological polar surface area (TPSA) is 64.3 Å². The number of anilines is 1. The highest BCUT2D eigenvalue weighted by Crippen LogP contribution is 2.25. The molecule has 0 radical (unpaired) electrons. The number of carbonyl (C=O) groups excluding carboxylic acids is 1. The quantitative estimate of drug-likeness (QED) is 0.831. The number of halogens is 1. The molecule has 0 saturated carbocycles. The molecule has 1 amide bonds. The minimum absolute atomic E-state index is 0.0371. The lowest BCUT2D eigenvalue weighted by Crippen LogP contribution is -2.41. The standard InChI is InChI=1S/C15H21FN2O2/c1-6-10-7-11(8-12(16)13(10)17)9(2)20-14(19)18-15(3,4)5/h6-9H,1,17H2,2-5H3,(H,18,19). The monoisotopic (exact) mass is 280 g/mol. The number of benzene rings is 1. The van der Waals surface area contributed by atoms with Crippen LogP contribution in [0.4, 0.5) is 14.9 Å². The molecule has 1 atom stereocenters. The molecule has 20 heavy (non-hydrogen) atoms. The van der Waals surface area contributed by atoms with E-state index in [1.165, 1.54) is 12.1 Å². The van der Waals surface area contributed by atoms with Gasteiger partial charge in [-0.25, -0.2) is 9.18 Å². The highest BCUT2D eigenvalue weighted by atomic mass is 19.1. The van der Waals surface area contributed by atoms with Gasteiger partial charge in [-0.15, -0.1) is 0 Å². The van der Waals surface area contributed by atoms with E-state index in [0.29, 0.717) is 11.1 Å². The van der Waals surface area contributed by atoms with E-state index in [4.69, 9.17) is 10.5 Å². The fraction of sp³-hybridized carbons (Fsp3) is 0.400. The normalized spacial score (nSPS) is 12.7. The summed E-state index contributed by atoms with van der Waals surface area (Å²) in [6, 6.07) is 2.91. The Hall–Kier alpha value is -2.04. The van der Waals surface area contributed by atoms with Crippen LogP contribution >= 0.6 is 0 Å². The lowest BCUT2D eigenvalue weighted by molar-refractivity contribution is 0.0999. The Morgan fingerprint density at radius 2 is 2.10 bits per heavy atom. The largest absolute Gasteiger partial charge is 0.442 e. The smallest absolute Gasteiger partial charge is 0.408 e. The first kappa shape index (κ1) is 16.0. The maximum absolute atomic E-state index is 13.7. The summed E-state index contributed by atoms with van der Waals surface area (Å²) >= 11 is 0. The second kappa shape index (κ2) is 5.94. The van der Waals surface area contributed by atoms with E-state index < -0.39 is 23.6 Å². The molecule has 0 aliphatic rings. The minimum Gasteiger partial charge on any atom is -0.442 e. The third kappa shape index (κ3) is 4.26. The molecule has 0 aliphatic heterocycles. The molecule has 1 unspecified atom stereocenters. The zero-order chi connectivity index (χ0) is 15.5. The average molecular weight is 280 g/mol. The van der Waals surface area contributed by atoms with Crippen LogP contribution in [-0.2, 0) is 4.74 Å². The first-order chi connectivity index (χ1) is 9.14. The van der Waals surface area contributed by atoms with Crippen molar-refractivity contribution in [1.82, 2.24) is 5.32 Å². The molecular formula is C15H21FN2O2. The number of ether oxygens (including phenoxy) is 1. The molecule has 0 aliphatic carbocycles. The Balaban J connectivity index is 2.88. The first-order valence-corrected chi connectivity index (χ1v) is 6.34. The number of carbonyl (C=O) groups is 1. The van der Waals surface area contributed by atoms with Gasteiger partial charge in [0.15, 0.2) is 0 Å². The van der Waals surface area contributed by atoms with Crippen molar-refractivity contribution in [3.63, 3.8) is 0 Å². The van der Waals surface area contributed by atoms with Crippen molar-refractivity contribution >= 4 is 17.9 Å². The van der Waals surface area contributed by atoms with Crippen molar-refractivity contribution in [2.45, 2.75) is 39.3 Å². The predicted molar refractivity (Wildman–Crippen MR) is 78.7 cm³/mol. The number of hydrogen-bond donors (Lipinski definition) is 2. The van der Waals surface area contributed by atoms with Crippen molar-refractivity contribution in [2.75, 3.05) is 5.73 Å². The van der Waals surface area contributed by atoms with Gasteiger partial charge in [0.2, 0.25) is 0 Å². The summed E-state index contributed by atoms with van der Waals surface area (Å²) in [6.07, 6.45) is 0.317. The molecule has 0 heterocycles. The van der Waals surface area contributed by atoms with Gasteiger partial charge in [-0.1, -0.05) is 12.7 Å². The van der Waals surface area contributed by atoms with E-state index in [2.05, 4.69) is 11.9 Å². The van der Waals surface area contributed by atoms with Crippen LogP contribution in [0.3, 0.4) is 0 Å². The van der Waals surface area contributed by atoms with Crippen LogP contribution in [0.5, 0.6) is 0 Å². The average Bonchev–Trinajstić information content (AvgIpc) is 2.29. The fourth-order valence-electron chi connectivity index (χ4n) is 1.63. The Labute approximate surface area is 118 Å². The Morgan fingerprint density at radius 1 is 1.50 bits per heavy atom. The molecular weight excluding hydrogens is 259 g/mol. The van der Waals surface area contributed by atoms with Gasteiger partial charge < -0.3 is 15.8 Å². The van der Waals surface area contributed by atoms with Gasteiger partial charge in [0, 0.05) is 11.1 Å². The van der Waals surface area contributed by atoms with Crippen LogP contribution in [0.2, 0.25) is 0 Å². The zero-order valence-electron chi connectivity index (χ0n) is 12.3. The van der Waals surface area contributed by atoms with Gasteiger partial charge in [-0.05, 0) is 45.4 Å². The van der Waals surface area contributed by atoms with Gasteiger partial charge in [-0.2, -0.15) is 0 Å². The number of rotatable bonds is 3. The maximum atomic E-state index is 13.7. The number of hydrogen-bond acceptors (Lipinski definition) is 3. The van der Waals surface area contributed by atoms with E-state index >= 15 is 0 Å². The van der Waals surface area contributed by atoms with E-state index in [1.54, 1.807) is 13.0 Å². The van der Waals surface area contributed by atoms with E-state index in [1.807, 2.05) is 20.8 Å². The minimum atomic E-state index is -0.592. The molecule has 3 N–H and O–H groups in total. The Morgan fingerprint density at radius 3 is 2.60 bits per heavy atom. The second-order valence-corrected chi connectivity index (χ2v) is 5.63. The lowest BCUT2D eigenvalue weighted by Gasteiger charge is -2.22. The van der Waals surface area contributed by atoms with Crippen molar-refractivity contribution in [1.29, 1.82) is 0 Å².